The third-order valence-corrected chi connectivity index (χ3v) is 2.16. The van der Waals surface area contributed by atoms with E-state index in [4.69, 9.17) is 6.42 Å². The Bertz CT molecular complexity index is 167. The van der Waals surface area contributed by atoms with Crippen molar-refractivity contribution < 1.29 is 0 Å². The normalized spacial score (nSPS) is 14.7. The summed E-state index contributed by atoms with van der Waals surface area (Å²) in [7, 11) is 0. The van der Waals surface area contributed by atoms with Crippen molar-refractivity contribution in [1.29, 1.82) is 0 Å². The number of rotatable bonds is 3. The van der Waals surface area contributed by atoms with Gasteiger partial charge >= 0.3 is 0 Å². The molecule has 0 heteroatoms. The summed E-state index contributed by atoms with van der Waals surface area (Å²) in [6, 6.07) is 0. The summed E-state index contributed by atoms with van der Waals surface area (Å²) >= 11 is 0. The van der Waals surface area contributed by atoms with E-state index in [0.717, 1.165) is 23.8 Å². The highest BCUT2D eigenvalue weighted by molar-refractivity contribution is 5.22. The molecule has 1 atom stereocenters. The standard InChI is InChI=1S/C11H18/c1-6-10(4)7-8-11(5)9(2)3/h1,7,9,11H,8H2,2-5H3. The molecule has 0 rings (SSSR count). The third-order valence-electron chi connectivity index (χ3n) is 2.16. The summed E-state index contributed by atoms with van der Waals surface area (Å²) in [6.45, 7) is 8.71. The molecule has 0 aliphatic carbocycles. The van der Waals surface area contributed by atoms with E-state index in [2.05, 4.69) is 32.8 Å². The van der Waals surface area contributed by atoms with Crippen LogP contribution in [0.3, 0.4) is 0 Å². The largest absolute Gasteiger partial charge is 0.115 e. The van der Waals surface area contributed by atoms with E-state index in [0.29, 0.717) is 0 Å². The van der Waals surface area contributed by atoms with Gasteiger partial charge in [0.15, 0.2) is 0 Å². The molecule has 0 heterocycles. The Morgan fingerprint density at radius 1 is 1.45 bits per heavy atom. The fourth-order valence-electron chi connectivity index (χ4n) is 0.694. The van der Waals surface area contributed by atoms with Gasteiger partial charge in [-0.3, -0.25) is 0 Å². The van der Waals surface area contributed by atoms with Crippen LogP contribution in [0.5, 0.6) is 0 Å². The van der Waals surface area contributed by atoms with E-state index >= 15 is 0 Å². The van der Waals surface area contributed by atoms with Crippen molar-refractivity contribution in [2.75, 3.05) is 0 Å². The summed E-state index contributed by atoms with van der Waals surface area (Å²) in [5, 5.41) is 0. The van der Waals surface area contributed by atoms with Gasteiger partial charge in [0.25, 0.3) is 0 Å². The Balaban J connectivity index is 3.80. The summed E-state index contributed by atoms with van der Waals surface area (Å²) < 4.78 is 0. The van der Waals surface area contributed by atoms with Crippen LogP contribution in [0.25, 0.3) is 0 Å². The molecule has 11 heavy (non-hydrogen) atoms. The first-order valence-electron chi connectivity index (χ1n) is 4.21. The molecule has 0 N–H and O–H groups in total. The van der Waals surface area contributed by atoms with Crippen LogP contribution in [-0.2, 0) is 0 Å². The predicted octanol–water partition coefficient (Wildman–Crippen LogP) is 3.25. The maximum atomic E-state index is 5.22. The van der Waals surface area contributed by atoms with Crippen molar-refractivity contribution in [3.8, 4) is 12.3 Å². The third kappa shape index (κ3) is 4.67. The summed E-state index contributed by atoms with van der Waals surface area (Å²) in [4.78, 5) is 0. The van der Waals surface area contributed by atoms with Crippen molar-refractivity contribution in [3.05, 3.63) is 11.6 Å². The molecule has 0 aromatic rings. The highest BCUT2D eigenvalue weighted by Gasteiger charge is 2.03. The first-order valence-corrected chi connectivity index (χ1v) is 4.21. The van der Waals surface area contributed by atoms with Crippen molar-refractivity contribution in [2.45, 2.75) is 34.1 Å². The summed E-state index contributed by atoms with van der Waals surface area (Å²) in [5.74, 6) is 4.10. The van der Waals surface area contributed by atoms with Gasteiger partial charge in [0, 0.05) is 0 Å². The zero-order valence-corrected chi connectivity index (χ0v) is 8.02. The molecule has 0 fully saturated rings. The Hall–Kier alpha value is -0.700. The smallest absolute Gasteiger partial charge is 0.00532 e. The van der Waals surface area contributed by atoms with E-state index in [1.807, 2.05) is 6.92 Å². The van der Waals surface area contributed by atoms with Gasteiger partial charge in [-0.15, -0.1) is 6.42 Å². The fourth-order valence-corrected chi connectivity index (χ4v) is 0.694. The van der Waals surface area contributed by atoms with Crippen molar-refractivity contribution in [2.24, 2.45) is 11.8 Å². The molecule has 0 amide bonds. The Labute approximate surface area is 70.7 Å². The zero-order valence-electron chi connectivity index (χ0n) is 8.02. The van der Waals surface area contributed by atoms with Crippen LogP contribution < -0.4 is 0 Å². The van der Waals surface area contributed by atoms with Crippen LogP contribution in [0, 0.1) is 24.2 Å². The van der Waals surface area contributed by atoms with Gasteiger partial charge in [-0.1, -0.05) is 32.8 Å². The quantitative estimate of drug-likeness (QED) is 0.542. The first-order chi connectivity index (χ1) is 5.07. The number of hydrogen-bond donors (Lipinski definition) is 0. The van der Waals surface area contributed by atoms with Crippen molar-refractivity contribution in [1.82, 2.24) is 0 Å². The van der Waals surface area contributed by atoms with Crippen LogP contribution in [0.2, 0.25) is 0 Å². The molecule has 0 nitrogen and oxygen atoms in total. The fraction of sp³-hybridized carbons (Fsp3) is 0.636. The minimum atomic E-state index is 0.735. The molecule has 0 radical (unpaired) electrons. The van der Waals surface area contributed by atoms with Crippen LogP contribution >= 0.6 is 0 Å². The zero-order chi connectivity index (χ0) is 8.85. The molecular formula is C11H18. The van der Waals surface area contributed by atoms with E-state index in [1.165, 1.54) is 0 Å². The van der Waals surface area contributed by atoms with Gasteiger partial charge in [-0.2, -0.15) is 0 Å². The molecule has 0 saturated heterocycles. The maximum Gasteiger partial charge on any atom is -0.00532 e. The highest BCUT2D eigenvalue weighted by atomic mass is 14.1. The van der Waals surface area contributed by atoms with E-state index < -0.39 is 0 Å². The van der Waals surface area contributed by atoms with Gasteiger partial charge in [0.2, 0.25) is 0 Å². The lowest BCUT2D eigenvalue weighted by molar-refractivity contribution is 0.423. The number of hydrogen-bond acceptors (Lipinski definition) is 0. The topological polar surface area (TPSA) is 0 Å². The predicted molar refractivity (Wildman–Crippen MR) is 51.2 cm³/mol. The first kappa shape index (κ1) is 10.3. The lowest BCUT2D eigenvalue weighted by Gasteiger charge is -2.12. The van der Waals surface area contributed by atoms with E-state index in [1.54, 1.807) is 0 Å². The van der Waals surface area contributed by atoms with Gasteiger partial charge in [0.05, 0.1) is 0 Å². The van der Waals surface area contributed by atoms with Crippen LogP contribution in [0.4, 0.5) is 0 Å². The molecule has 0 aliphatic heterocycles. The minimum absolute atomic E-state index is 0.735. The second-order valence-electron chi connectivity index (χ2n) is 3.49. The molecule has 0 saturated carbocycles. The Morgan fingerprint density at radius 2 is 2.00 bits per heavy atom. The molecule has 0 bridgehead atoms. The van der Waals surface area contributed by atoms with Gasteiger partial charge in [-0.25, -0.2) is 0 Å². The van der Waals surface area contributed by atoms with Crippen molar-refractivity contribution >= 4 is 0 Å². The van der Waals surface area contributed by atoms with Crippen LogP contribution in [0.15, 0.2) is 11.6 Å². The Morgan fingerprint density at radius 3 is 2.36 bits per heavy atom. The Kier molecular flexibility index (Phi) is 4.70. The van der Waals surface area contributed by atoms with Gasteiger partial charge in [-0.05, 0) is 30.8 Å². The molecule has 62 valence electrons. The van der Waals surface area contributed by atoms with Gasteiger partial charge < -0.3 is 0 Å². The second kappa shape index (κ2) is 5.02. The SMILES string of the molecule is C#CC(C)=CCC(C)C(C)C. The molecule has 0 spiro atoms. The number of allylic oxidation sites excluding steroid dienone is 2. The second-order valence-corrected chi connectivity index (χ2v) is 3.49. The average Bonchev–Trinajstić information content (AvgIpc) is 1.99. The lowest BCUT2D eigenvalue weighted by Crippen LogP contribution is -2.01. The molecule has 0 aromatic carbocycles. The number of terminal acetylenes is 1. The van der Waals surface area contributed by atoms with Crippen LogP contribution in [-0.4, -0.2) is 0 Å². The average molecular weight is 150 g/mol. The molecule has 1 unspecified atom stereocenters. The van der Waals surface area contributed by atoms with Gasteiger partial charge in [0.1, 0.15) is 0 Å². The summed E-state index contributed by atoms with van der Waals surface area (Å²) in [5.41, 5.74) is 1.05. The lowest BCUT2D eigenvalue weighted by atomic mass is 9.94. The minimum Gasteiger partial charge on any atom is -0.115 e. The molecule has 0 aliphatic rings. The maximum absolute atomic E-state index is 5.22. The van der Waals surface area contributed by atoms with E-state index in [-0.39, 0.29) is 0 Å². The van der Waals surface area contributed by atoms with Crippen LogP contribution in [0.1, 0.15) is 34.1 Å². The summed E-state index contributed by atoms with van der Waals surface area (Å²) in [6.07, 6.45) is 8.46. The highest BCUT2D eigenvalue weighted by Crippen LogP contribution is 2.14. The molecular weight excluding hydrogens is 132 g/mol. The monoisotopic (exact) mass is 150 g/mol. The van der Waals surface area contributed by atoms with E-state index in [9.17, 15) is 0 Å². The van der Waals surface area contributed by atoms with Crippen molar-refractivity contribution in [3.63, 3.8) is 0 Å². The molecule has 0 aromatic heterocycles.